The molecule has 328 valence electrons. The number of nitrogens with two attached hydrogens (primary N) is 1. The summed E-state index contributed by atoms with van der Waals surface area (Å²) in [6.45, 7) is 2.76. The Morgan fingerprint density at radius 1 is 0.536 bits per heavy atom. The molecule has 0 heterocycles. The van der Waals surface area contributed by atoms with Crippen LogP contribution >= 0.6 is 7.82 Å². The molecular weight excluding hydrogens is 733 g/mol. The molecular formula is C44H82NO10P. The number of ether oxygens (including phenoxy) is 2. The van der Waals surface area contributed by atoms with Crippen LogP contribution in [0, 0.1) is 0 Å². The van der Waals surface area contributed by atoms with Gasteiger partial charge in [0.2, 0.25) is 0 Å². The Labute approximate surface area is 340 Å². The number of carboxylic acid groups (broad SMARTS) is 1. The van der Waals surface area contributed by atoms with E-state index in [0.717, 1.165) is 57.8 Å². The fourth-order valence-corrected chi connectivity index (χ4v) is 6.88. The molecule has 1 unspecified atom stereocenters. The zero-order chi connectivity index (χ0) is 41.4. The minimum Gasteiger partial charge on any atom is -0.480 e. The van der Waals surface area contributed by atoms with Gasteiger partial charge in [-0.05, 0) is 57.8 Å². The Hall–Kier alpha value is -2.04. The van der Waals surface area contributed by atoms with Crippen molar-refractivity contribution in [3.8, 4) is 0 Å². The number of unbranched alkanes of at least 4 members (excludes halogenated alkanes) is 24. The van der Waals surface area contributed by atoms with Gasteiger partial charge in [-0.1, -0.05) is 160 Å². The molecule has 0 fully saturated rings. The summed E-state index contributed by atoms with van der Waals surface area (Å²) in [7, 11) is -4.71. The molecule has 0 aromatic heterocycles. The molecule has 12 heteroatoms. The van der Waals surface area contributed by atoms with E-state index >= 15 is 0 Å². The number of carbonyl (C=O) groups excluding carboxylic acids is 2. The van der Waals surface area contributed by atoms with E-state index in [2.05, 4.69) is 42.7 Å². The Bertz CT molecular complexity index is 1050. The number of rotatable bonds is 42. The summed E-state index contributed by atoms with van der Waals surface area (Å²) in [5.41, 5.74) is 5.33. The molecule has 0 spiro atoms. The normalized spacial score (nSPS) is 13.9. The monoisotopic (exact) mass is 816 g/mol. The van der Waals surface area contributed by atoms with Crippen molar-refractivity contribution < 1.29 is 47.5 Å². The van der Waals surface area contributed by atoms with E-state index in [4.69, 9.17) is 24.8 Å². The van der Waals surface area contributed by atoms with E-state index in [1.165, 1.54) is 109 Å². The molecule has 0 aliphatic rings. The van der Waals surface area contributed by atoms with E-state index in [1.807, 2.05) is 0 Å². The summed E-state index contributed by atoms with van der Waals surface area (Å²) in [6.07, 6.45) is 41.1. The standard InChI is InChI=1S/C44H82NO10P/c1-3-5-7-9-11-13-15-16-17-18-19-20-21-22-23-24-26-28-30-32-34-36-43(47)55-40(38-53-56(50,51)54-39-41(45)44(48)49)37-52-42(46)35-33-31-29-27-25-14-12-10-8-6-4-2/h10,12,16-17,40-41H,3-9,11,13-15,18-39,45H2,1-2H3,(H,48,49)(H,50,51)/b12-10+,17-16+/t40-,41-/m0/s1. The van der Waals surface area contributed by atoms with Crippen molar-refractivity contribution in [2.24, 2.45) is 5.73 Å². The van der Waals surface area contributed by atoms with Crippen molar-refractivity contribution in [2.45, 2.75) is 219 Å². The second-order valence-corrected chi connectivity index (χ2v) is 16.6. The number of aliphatic carboxylic acids is 1. The first-order valence-corrected chi connectivity index (χ1v) is 23.9. The van der Waals surface area contributed by atoms with Crippen LogP contribution < -0.4 is 5.73 Å². The van der Waals surface area contributed by atoms with Gasteiger partial charge in [0.05, 0.1) is 13.2 Å². The van der Waals surface area contributed by atoms with Crippen LogP contribution in [-0.4, -0.2) is 59.9 Å². The molecule has 0 aromatic rings. The van der Waals surface area contributed by atoms with Crippen LogP contribution in [0.2, 0.25) is 0 Å². The molecule has 0 bridgehead atoms. The van der Waals surface area contributed by atoms with E-state index in [-0.39, 0.29) is 19.4 Å². The zero-order valence-electron chi connectivity index (χ0n) is 35.5. The first kappa shape index (κ1) is 54.0. The Morgan fingerprint density at radius 2 is 0.911 bits per heavy atom. The van der Waals surface area contributed by atoms with E-state index in [9.17, 15) is 23.8 Å². The lowest BCUT2D eigenvalue weighted by Gasteiger charge is -2.20. The molecule has 0 amide bonds. The van der Waals surface area contributed by atoms with Gasteiger partial charge in [-0.2, -0.15) is 0 Å². The fourth-order valence-electron chi connectivity index (χ4n) is 6.10. The summed E-state index contributed by atoms with van der Waals surface area (Å²) < 4.78 is 32.7. The predicted molar refractivity (Wildman–Crippen MR) is 226 cm³/mol. The van der Waals surface area contributed by atoms with Crippen LogP contribution in [0.4, 0.5) is 0 Å². The predicted octanol–water partition coefficient (Wildman–Crippen LogP) is 11.8. The van der Waals surface area contributed by atoms with E-state index in [0.29, 0.717) is 12.8 Å². The summed E-state index contributed by atoms with van der Waals surface area (Å²) in [5, 5.41) is 8.88. The highest BCUT2D eigenvalue weighted by Crippen LogP contribution is 2.43. The molecule has 0 radical (unpaired) electrons. The van der Waals surface area contributed by atoms with Gasteiger partial charge >= 0.3 is 25.7 Å². The van der Waals surface area contributed by atoms with Crippen LogP contribution in [0.15, 0.2) is 24.3 Å². The highest BCUT2D eigenvalue weighted by atomic mass is 31.2. The van der Waals surface area contributed by atoms with Crippen LogP contribution in [0.5, 0.6) is 0 Å². The van der Waals surface area contributed by atoms with E-state index < -0.39 is 51.1 Å². The third-order valence-corrected chi connectivity index (χ3v) is 10.6. The maximum atomic E-state index is 12.6. The maximum Gasteiger partial charge on any atom is 0.472 e. The summed E-state index contributed by atoms with van der Waals surface area (Å²) >= 11 is 0. The van der Waals surface area contributed by atoms with Crippen molar-refractivity contribution in [3.63, 3.8) is 0 Å². The van der Waals surface area contributed by atoms with E-state index in [1.54, 1.807) is 0 Å². The van der Waals surface area contributed by atoms with Crippen LogP contribution in [-0.2, 0) is 37.5 Å². The van der Waals surface area contributed by atoms with Gasteiger partial charge in [0.1, 0.15) is 12.6 Å². The molecule has 11 nitrogen and oxygen atoms in total. The fraction of sp³-hybridized carbons (Fsp3) is 0.841. The average molecular weight is 816 g/mol. The van der Waals surface area contributed by atoms with Gasteiger partial charge in [-0.3, -0.25) is 23.4 Å². The highest BCUT2D eigenvalue weighted by molar-refractivity contribution is 7.47. The number of phosphoric acid groups is 1. The molecule has 0 rings (SSSR count). The molecule has 0 aliphatic heterocycles. The number of hydrogen-bond acceptors (Lipinski definition) is 9. The molecule has 56 heavy (non-hydrogen) atoms. The number of carbonyl (C=O) groups is 3. The minimum absolute atomic E-state index is 0.161. The Morgan fingerprint density at radius 3 is 1.36 bits per heavy atom. The lowest BCUT2D eigenvalue weighted by molar-refractivity contribution is -0.161. The average Bonchev–Trinajstić information content (AvgIpc) is 3.17. The number of allylic oxidation sites excluding steroid dienone is 4. The second-order valence-electron chi connectivity index (χ2n) is 15.2. The lowest BCUT2D eigenvalue weighted by atomic mass is 10.0. The van der Waals surface area contributed by atoms with Gasteiger partial charge < -0.3 is 25.2 Å². The van der Waals surface area contributed by atoms with Gasteiger partial charge in [-0.15, -0.1) is 0 Å². The Kier molecular flexibility index (Phi) is 38.3. The second kappa shape index (κ2) is 39.8. The molecule has 0 saturated heterocycles. The van der Waals surface area contributed by atoms with Crippen LogP contribution in [0.1, 0.15) is 206 Å². The van der Waals surface area contributed by atoms with Crippen molar-refractivity contribution in [1.29, 1.82) is 0 Å². The topological polar surface area (TPSA) is 172 Å². The van der Waals surface area contributed by atoms with Gasteiger partial charge in [0.25, 0.3) is 0 Å². The number of hydrogen-bond donors (Lipinski definition) is 3. The van der Waals surface area contributed by atoms with Crippen molar-refractivity contribution >= 4 is 25.7 Å². The number of esters is 2. The summed E-state index contributed by atoms with van der Waals surface area (Å²) in [5.74, 6) is -2.38. The third-order valence-electron chi connectivity index (χ3n) is 9.67. The minimum atomic E-state index is -4.71. The SMILES string of the molecule is CCCC/C=C/CCCCCCCC(=O)OC[C@@H](COP(=O)(O)OC[C@H](N)C(=O)O)OC(=O)CCCCCCCCCCCCC/C=C/CCCCCCCC. The molecule has 3 atom stereocenters. The molecule has 0 aliphatic carbocycles. The number of phosphoric ester groups is 1. The van der Waals surface area contributed by atoms with Crippen molar-refractivity contribution in [2.75, 3.05) is 19.8 Å². The highest BCUT2D eigenvalue weighted by Gasteiger charge is 2.28. The van der Waals surface area contributed by atoms with Crippen molar-refractivity contribution in [1.82, 2.24) is 0 Å². The summed E-state index contributed by atoms with van der Waals surface area (Å²) in [4.78, 5) is 45.9. The third kappa shape index (κ3) is 38.8. The first-order chi connectivity index (χ1) is 27.1. The van der Waals surface area contributed by atoms with Crippen LogP contribution in [0.3, 0.4) is 0 Å². The summed E-state index contributed by atoms with van der Waals surface area (Å²) in [6, 6.07) is -1.52. The number of carboxylic acids is 1. The van der Waals surface area contributed by atoms with Gasteiger partial charge in [0.15, 0.2) is 6.10 Å². The Balaban J connectivity index is 4.26. The van der Waals surface area contributed by atoms with Gasteiger partial charge in [0, 0.05) is 12.8 Å². The lowest BCUT2D eigenvalue weighted by Crippen LogP contribution is -2.34. The largest absolute Gasteiger partial charge is 0.480 e. The quantitative estimate of drug-likeness (QED) is 0.0232. The molecule has 0 saturated carbocycles. The maximum absolute atomic E-state index is 12.6. The smallest absolute Gasteiger partial charge is 0.472 e. The van der Waals surface area contributed by atoms with Crippen LogP contribution in [0.25, 0.3) is 0 Å². The molecule has 4 N–H and O–H groups in total. The van der Waals surface area contributed by atoms with Gasteiger partial charge in [-0.25, -0.2) is 4.57 Å². The first-order valence-electron chi connectivity index (χ1n) is 22.4. The molecule has 0 aromatic carbocycles. The zero-order valence-corrected chi connectivity index (χ0v) is 36.4. The van der Waals surface area contributed by atoms with Crippen molar-refractivity contribution in [3.05, 3.63) is 24.3 Å².